The van der Waals surface area contributed by atoms with Crippen LogP contribution < -0.4 is 4.74 Å². The monoisotopic (exact) mass is 228 g/mol. The minimum atomic E-state index is -0.379. The average molecular weight is 228 g/mol. The van der Waals surface area contributed by atoms with Crippen LogP contribution in [-0.2, 0) is 5.41 Å². The van der Waals surface area contributed by atoms with Gasteiger partial charge in [-0.25, -0.2) is 0 Å². The summed E-state index contributed by atoms with van der Waals surface area (Å²) in [5.41, 5.74) is 0.670. The van der Waals surface area contributed by atoms with Crippen molar-refractivity contribution in [3.8, 4) is 5.75 Å². The van der Waals surface area contributed by atoms with Crippen molar-refractivity contribution >= 4 is 0 Å². The summed E-state index contributed by atoms with van der Waals surface area (Å²) in [6, 6.07) is 11.8. The predicted octanol–water partition coefficient (Wildman–Crippen LogP) is 3.78. The Kier molecular flexibility index (Phi) is 3.05. The predicted molar refractivity (Wildman–Crippen MR) is 68.4 cm³/mol. The smallest absolute Gasteiger partial charge is 0.123 e. The summed E-state index contributed by atoms with van der Waals surface area (Å²) < 4.78 is 10.9. The lowest BCUT2D eigenvalue weighted by molar-refractivity contribution is 0.393. The van der Waals surface area contributed by atoms with Crippen molar-refractivity contribution in [2.45, 2.75) is 12.3 Å². The summed E-state index contributed by atoms with van der Waals surface area (Å²) in [6.07, 6.45) is 3.55. The minimum Gasteiger partial charge on any atom is -0.496 e. The fourth-order valence-electron chi connectivity index (χ4n) is 1.99. The van der Waals surface area contributed by atoms with E-state index in [9.17, 15) is 0 Å². The van der Waals surface area contributed by atoms with Crippen LogP contribution in [0, 0.1) is 0 Å². The molecule has 17 heavy (non-hydrogen) atoms. The van der Waals surface area contributed by atoms with Crippen LogP contribution in [0.2, 0.25) is 0 Å². The topological polar surface area (TPSA) is 22.4 Å². The number of ether oxygens (including phenoxy) is 1. The second kappa shape index (κ2) is 4.50. The van der Waals surface area contributed by atoms with Crippen LogP contribution in [0.1, 0.15) is 18.2 Å². The van der Waals surface area contributed by atoms with E-state index in [1.165, 1.54) is 0 Å². The Labute approximate surface area is 102 Å². The molecule has 2 heteroatoms. The van der Waals surface area contributed by atoms with E-state index in [4.69, 9.17) is 9.15 Å². The third-order valence-corrected chi connectivity index (χ3v) is 3.11. The zero-order valence-corrected chi connectivity index (χ0v) is 10.1. The molecule has 0 spiro atoms. The summed E-state index contributed by atoms with van der Waals surface area (Å²) in [6.45, 7) is 5.99. The molecule has 1 aromatic carbocycles. The van der Waals surface area contributed by atoms with Gasteiger partial charge in [-0.05, 0) is 25.1 Å². The van der Waals surface area contributed by atoms with Crippen LogP contribution in [0.25, 0.3) is 0 Å². The van der Waals surface area contributed by atoms with Gasteiger partial charge in [-0.1, -0.05) is 24.3 Å². The first kappa shape index (κ1) is 11.5. The van der Waals surface area contributed by atoms with E-state index in [0.717, 1.165) is 17.1 Å². The number of para-hydroxylation sites is 1. The molecule has 0 N–H and O–H groups in total. The van der Waals surface area contributed by atoms with E-state index in [2.05, 4.69) is 13.5 Å². The highest BCUT2D eigenvalue weighted by Gasteiger charge is 2.30. The number of hydrogen-bond donors (Lipinski definition) is 0. The Balaban J connectivity index is 2.59. The fourth-order valence-corrected chi connectivity index (χ4v) is 1.99. The van der Waals surface area contributed by atoms with E-state index in [1.807, 2.05) is 42.5 Å². The molecule has 0 unspecified atom stereocenters. The largest absolute Gasteiger partial charge is 0.496 e. The van der Waals surface area contributed by atoms with Crippen molar-refractivity contribution in [2.75, 3.05) is 7.11 Å². The maximum absolute atomic E-state index is 5.52. The van der Waals surface area contributed by atoms with Crippen molar-refractivity contribution in [1.82, 2.24) is 0 Å². The summed E-state index contributed by atoms with van der Waals surface area (Å²) in [5, 5.41) is 0. The Bertz CT molecular complexity index is 499. The Hall–Kier alpha value is -1.96. The normalized spacial score (nSPS) is 14.0. The molecule has 0 saturated heterocycles. The first-order chi connectivity index (χ1) is 8.22. The number of methoxy groups -OCH3 is 1. The zero-order chi connectivity index (χ0) is 12.3. The molecular formula is C15H16O2. The molecule has 1 aromatic heterocycles. The summed E-state index contributed by atoms with van der Waals surface area (Å²) >= 11 is 0. The maximum atomic E-state index is 5.52. The van der Waals surface area contributed by atoms with Gasteiger partial charge in [0.2, 0.25) is 0 Å². The van der Waals surface area contributed by atoms with Gasteiger partial charge in [0.15, 0.2) is 0 Å². The Morgan fingerprint density at radius 3 is 2.59 bits per heavy atom. The van der Waals surface area contributed by atoms with Gasteiger partial charge in [-0.3, -0.25) is 0 Å². The molecule has 0 bridgehead atoms. The molecule has 2 aromatic rings. The first-order valence-corrected chi connectivity index (χ1v) is 5.53. The van der Waals surface area contributed by atoms with Gasteiger partial charge < -0.3 is 9.15 Å². The van der Waals surface area contributed by atoms with Gasteiger partial charge >= 0.3 is 0 Å². The lowest BCUT2D eigenvalue weighted by Gasteiger charge is -2.25. The first-order valence-electron chi connectivity index (χ1n) is 5.53. The highest BCUT2D eigenvalue weighted by molar-refractivity contribution is 5.47. The van der Waals surface area contributed by atoms with Gasteiger partial charge in [-0.2, -0.15) is 0 Å². The lowest BCUT2D eigenvalue weighted by Crippen LogP contribution is -2.20. The quantitative estimate of drug-likeness (QED) is 0.743. The summed E-state index contributed by atoms with van der Waals surface area (Å²) in [5.74, 6) is 1.70. The van der Waals surface area contributed by atoms with E-state index in [-0.39, 0.29) is 5.41 Å². The minimum absolute atomic E-state index is 0.379. The molecule has 2 nitrogen and oxygen atoms in total. The van der Waals surface area contributed by atoms with Crippen LogP contribution in [0.4, 0.5) is 0 Å². The van der Waals surface area contributed by atoms with Gasteiger partial charge in [0.05, 0.1) is 18.8 Å². The standard InChI is InChI=1S/C15H16O2/c1-4-15(2,14-10-7-11-17-14)12-8-5-6-9-13(12)16-3/h4-11H,1H2,2-3H3/t15-/m0/s1. The second-order valence-corrected chi connectivity index (χ2v) is 4.08. The average Bonchev–Trinajstić information content (AvgIpc) is 2.92. The highest BCUT2D eigenvalue weighted by Crippen LogP contribution is 2.38. The van der Waals surface area contributed by atoms with E-state index in [1.54, 1.807) is 13.4 Å². The molecule has 88 valence electrons. The van der Waals surface area contributed by atoms with Gasteiger partial charge in [0, 0.05) is 5.56 Å². The highest BCUT2D eigenvalue weighted by atomic mass is 16.5. The third-order valence-electron chi connectivity index (χ3n) is 3.11. The molecule has 0 radical (unpaired) electrons. The summed E-state index contributed by atoms with van der Waals surface area (Å²) in [7, 11) is 1.67. The molecule has 1 heterocycles. The van der Waals surface area contributed by atoms with Crippen molar-refractivity contribution in [2.24, 2.45) is 0 Å². The number of benzene rings is 1. The second-order valence-electron chi connectivity index (χ2n) is 4.08. The van der Waals surface area contributed by atoms with Crippen LogP contribution in [0.15, 0.2) is 59.7 Å². The van der Waals surface area contributed by atoms with Crippen molar-refractivity contribution < 1.29 is 9.15 Å². The van der Waals surface area contributed by atoms with Crippen LogP contribution in [-0.4, -0.2) is 7.11 Å². The summed E-state index contributed by atoms with van der Waals surface area (Å²) in [4.78, 5) is 0. The molecule has 0 aliphatic carbocycles. The lowest BCUT2D eigenvalue weighted by atomic mass is 9.80. The van der Waals surface area contributed by atoms with Crippen molar-refractivity contribution in [3.05, 3.63) is 66.6 Å². The maximum Gasteiger partial charge on any atom is 0.123 e. The third kappa shape index (κ3) is 1.86. The SMILES string of the molecule is C=C[C@](C)(c1ccco1)c1ccccc1OC. The van der Waals surface area contributed by atoms with Crippen LogP contribution in [0.5, 0.6) is 5.75 Å². The molecular weight excluding hydrogens is 212 g/mol. The van der Waals surface area contributed by atoms with E-state index in [0.29, 0.717) is 0 Å². The van der Waals surface area contributed by atoms with Gasteiger partial charge in [0.1, 0.15) is 11.5 Å². The Morgan fingerprint density at radius 1 is 1.24 bits per heavy atom. The number of rotatable bonds is 4. The Morgan fingerprint density at radius 2 is 2.00 bits per heavy atom. The number of allylic oxidation sites excluding steroid dienone is 1. The van der Waals surface area contributed by atoms with Gasteiger partial charge in [-0.15, -0.1) is 6.58 Å². The van der Waals surface area contributed by atoms with E-state index >= 15 is 0 Å². The van der Waals surface area contributed by atoms with Crippen molar-refractivity contribution in [1.29, 1.82) is 0 Å². The molecule has 0 aliphatic heterocycles. The van der Waals surface area contributed by atoms with Crippen LogP contribution in [0.3, 0.4) is 0 Å². The van der Waals surface area contributed by atoms with Crippen molar-refractivity contribution in [3.63, 3.8) is 0 Å². The molecule has 1 atom stereocenters. The molecule has 0 saturated carbocycles. The number of furan rings is 1. The molecule has 0 fully saturated rings. The number of hydrogen-bond acceptors (Lipinski definition) is 2. The molecule has 2 rings (SSSR count). The molecule has 0 amide bonds. The van der Waals surface area contributed by atoms with E-state index < -0.39 is 0 Å². The zero-order valence-electron chi connectivity index (χ0n) is 10.1. The molecule has 0 aliphatic rings. The fraction of sp³-hybridized carbons (Fsp3) is 0.200. The van der Waals surface area contributed by atoms with Crippen LogP contribution >= 0.6 is 0 Å². The van der Waals surface area contributed by atoms with Gasteiger partial charge in [0.25, 0.3) is 0 Å².